The summed E-state index contributed by atoms with van der Waals surface area (Å²) in [6, 6.07) is 14.9. The summed E-state index contributed by atoms with van der Waals surface area (Å²) >= 11 is 0. The lowest BCUT2D eigenvalue weighted by Gasteiger charge is -2.16. The number of para-hydroxylation sites is 2. The van der Waals surface area contributed by atoms with Crippen molar-refractivity contribution in [1.29, 1.82) is 0 Å². The molecule has 0 aliphatic rings. The van der Waals surface area contributed by atoms with Gasteiger partial charge < -0.3 is 10.1 Å². The molecule has 0 aliphatic carbocycles. The Morgan fingerprint density at radius 2 is 1.67 bits per heavy atom. The first-order chi connectivity index (χ1) is 11.8. The van der Waals surface area contributed by atoms with E-state index >= 15 is 0 Å². The molecular weight excluding hydrogens is 294 g/mol. The van der Waals surface area contributed by atoms with Gasteiger partial charge in [-0.25, -0.2) is 0 Å². The van der Waals surface area contributed by atoms with Gasteiger partial charge in [0.2, 0.25) is 0 Å². The summed E-state index contributed by atoms with van der Waals surface area (Å²) in [6.07, 6.45) is 5.98. The average Bonchev–Trinajstić information content (AvgIpc) is 2.61. The highest BCUT2D eigenvalue weighted by atomic mass is 16.5. The molecule has 0 saturated carbocycles. The van der Waals surface area contributed by atoms with E-state index in [1.807, 2.05) is 0 Å². The first-order valence-electron chi connectivity index (χ1n) is 9.29. The smallest absolute Gasteiger partial charge is 0.124 e. The summed E-state index contributed by atoms with van der Waals surface area (Å²) in [6.45, 7) is 8.20. The number of aryl methyl sites for hydroxylation is 2. The molecule has 2 nitrogen and oxygen atoms in total. The van der Waals surface area contributed by atoms with E-state index in [2.05, 4.69) is 68.6 Å². The van der Waals surface area contributed by atoms with Crippen LogP contribution in [0.15, 0.2) is 42.5 Å². The highest BCUT2D eigenvalue weighted by Crippen LogP contribution is 2.24. The predicted octanol–water partition coefficient (Wildman–Crippen LogP) is 6.13. The minimum Gasteiger partial charge on any atom is -0.493 e. The number of rotatable bonds is 10. The third-order valence-electron chi connectivity index (χ3n) is 4.42. The van der Waals surface area contributed by atoms with Crippen molar-refractivity contribution in [1.82, 2.24) is 0 Å². The van der Waals surface area contributed by atoms with Crippen LogP contribution in [0.2, 0.25) is 0 Å². The highest BCUT2D eigenvalue weighted by Gasteiger charge is 2.07. The Morgan fingerprint density at radius 1 is 0.875 bits per heavy atom. The second-order valence-corrected chi connectivity index (χ2v) is 6.33. The van der Waals surface area contributed by atoms with E-state index in [4.69, 9.17) is 4.74 Å². The summed E-state index contributed by atoms with van der Waals surface area (Å²) < 4.78 is 6.02. The molecule has 0 spiro atoms. The summed E-state index contributed by atoms with van der Waals surface area (Å²) in [5.74, 6) is 1.01. The molecule has 0 atom stereocenters. The molecule has 2 aromatic rings. The molecule has 2 rings (SSSR count). The number of benzene rings is 2. The topological polar surface area (TPSA) is 21.3 Å². The Labute approximate surface area is 147 Å². The van der Waals surface area contributed by atoms with Crippen LogP contribution in [0.5, 0.6) is 5.75 Å². The molecule has 1 N–H and O–H groups in total. The Balaban J connectivity index is 1.98. The zero-order valence-corrected chi connectivity index (χ0v) is 15.4. The van der Waals surface area contributed by atoms with E-state index in [0.717, 1.165) is 31.7 Å². The highest BCUT2D eigenvalue weighted by molar-refractivity contribution is 5.57. The minimum absolute atomic E-state index is 0.795. The molecule has 0 bridgehead atoms. The standard InChI is InChI=1S/C22H31NO/c1-4-6-7-10-16-24-21-15-9-8-13-20(21)17-23-22-18(3)12-11-14-19(22)5-2/h8-9,11-15,23H,4-7,10,16-17H2,1-3H3. The molecule has 24 heavy (non-hydrogen) atoms. The van der Waals surface area contributed by atoms with E-state index < -0.39 is 0 Å². The lowest BCUT2D eigenvalue weighted by molar-refractivity contribution is 0.302. The zero-order valence-electron chi connectivity index (χ0n) is 15.4. The zero-order chi connectivity index (χ0) is 17.2. The van der Waals surface area contributed by atoms with Crippen molar-refractivity contribution in [2.24, 2.45) is 0 Å². The Morgan fingerprint density at radius 3 is 2.46 bits per heavy atom. The number of nitrogens with one attached hydrogen (secondary N) is 1. The monoisotopic (exact) mass is 325 g/mol. The average molecular weight is 325 g/mol. The van der Waals surface area contributed by atoms with Crippen molar-refractivity contribution < 1.29 is 4.74 Å². The Hall–Kier alpha value is -1.96. The van der Waals surface area contributed by atoms with Gasteiger partial charge in [-0.3, -0.25) is 0 Å². The van der Waals surface area contributed by atoms with Crippen LogP contribution in [0.4, 0.5) is 5.69 Å². The SMILES string of the molecule is CCCCCCOc1ccccc1CNc1c(C)cccc1CC. The second kappa shape index (κ2) is 10.0. The van der Waals surface area contributed by atoms with Crippen molar-refractivity contribution in [2.75, 3.05) is 11.9 Å². The van der Waals surface area contributed by atoms with Crippen LogP contribution in [0, 0.1) is 6.92 Å². The van der Waals surface area contributed by atoms with Crippen molar-refractivity contribution in [3.8, 4) is 5.75 Å². The van der Waals surface area contributed by atoms with Crippen LogP contribution in [-0.2, 0) is 13.0 Å². The van der Waals surface area contributed by atoms with Gasteiger partial charge in [0.15, 0.2) is 0 Å². The van der Waals surface area contributed by atoms with Gasteiger partial charge in [-0.15, -0.1) is 0 Å². The van der Waals surface area contributed by atoms with Gasteiger partial charge in [0.25, 0.3) is 0 Å². The molecule has 0 saturated heterocycles. The van der Waals surface area contributed by atoms with E-state index in [1.54, 1.807) is 0 Å². The largest absolute Gasteiger partial charge is 0.493 e. The molecule has 2 heteroatoms. The maximum atomic E-state index is 6.02. The van der Waals surface area contributed by atoms with Gasteiger partial charge in [0.1, 0.15) is 5.75 Å². The second-order valence-electron chi connectivity index (χ2n) is 6.33. The fraction of sp³-hybridized carbons (Fsp3) is 0.455. The fourth-order valence-electron chi connectivity index (χ4n) is 2.96. The van der Waals surface area contributed by atoms with Crippen LogP contribution in [0.1, 0.15) is 56.2 Å². The first kappa shape index (κ1) is 18.4. The van der Waals surface area contributed by atoms with Crippen LogP contribution in [0.25, 0.3) is 0 Å². The van der Waals surface area contributed by atoms with Crippen molar-refractivity contribution in [3.63, 3.8) is 0 Å². The molecule has 2 aromatic carbocycles. The lowest BCUT2D eigenvalue weighted by Crippen LogP contribution is -2.07. The van der Waals surface area contributed by atoms with Crippen LogP contribution >= 0.6 is 0 Å². The van der Waals surface area contributed by atoms with E-state index in [0.29, 0.717) is 0 Å². The summed E-state index contributed by atoms with van der Waals surface area (Å²) in [5.41, 5.74) is 5.15. The molecule has 0 amide bonds. The minimum atomic E-state index is 0.795. The molecule has 0 fully saturated rings. The number of hydrogen-bond donors (Lipinski definition) is 1. The number of unbranched alkanes of at least 4 members (excludes halogenated alkanes) is 3. The van der Waals surface area contributed by atoms with Crippen molar-refractivity contribution >= 4 is 5.69 Å². The summed E-state index contributed by atoms with van der Waals surface area (Å²) in [5, 5.41) is 3.62. The van der Waals surface area contributed by atoms with E-state index in [1.165, 1.54) is 41.6 Å². The quantitative estimate of drug-likeness (QED) is 0.531. The van der Waals surface area contributed by atoms with Crippen molar-refractivity contribution in [3.05, 3.63) is 59.2 Å². The number of ether oxygens (including phenoxy) is 1. The van der Waals surface area contributed by atoms with Crippen LogP contribution < -0.4 is 10.1 Å². The normalized spacial score (nSPS) is 10.6. The predicted molar refractivity (Wildman–Crippen MR) is 104 cm³/mol. The maximum Gasteiger partial charge on any atom is 0.124 e. The third kappa shape index (κ3) is 5.30. The number of anilines is 1. The third-order valence-corrected chi connectivity index (χ3v) is 4.42. The molecule has 0 heterocycles. The van der Waals surface area contributed by atoms with Crippen LogP contribution in [0.3, 0.4) is 0 Å². The van der Waals surface area contributed by atoms with E-state index in [9.17, 15) is 0 Å². The number of hydrogen-bond acceptors (Lipinski definition) is 2. The lowest BCUT2D eigenvalue weighted by atomic mass is 10.1. The molecule has 130 valence electrons. The van der Waals surface area contributed by atoms with Gasteiger partial charge in [-0.2, -0.15) is 0 Å². The summed E-state index contributed by atoms with van der Waals surface area (Å²) in [7, 11) is 0. The Kier molecular flexibility index (Phi) is 7.67. The van der Waals surface area contributed by atoms with Crippen molar-refractivity contribution in [2.45, 2.75) is 59.4 Å². The van der Waals surface area contributed by atoms with Crippen LogP contribution in [-0.4, -0.2) is 6.61 Å². The Bertz CT molecular complexity index is 621. The fourth-order valence-corrected chi connectivity index (χ4v) is 2.96. The van der Waals surface area contributed by atoms with Gasteiger partial charge >= 0.3 is 0 Å². The molecular formula is C22H31NO. The van der Waals surface area contributed by atoms with Gasteiger partial charge in [-0.1, -0.05) is 69.5 Å². The molecule has 0 aliphatic heterocycles. The maximum absolute atomic E-state index is 6.02. The molecule has 0 aromatic heterocycles. The molecule has 0 unspecified atom stereocenters. The van der Waals surface area contributed by atoms with Gasteiger partial charge in [-0.05, 0) is 37.0 Å². The van der Waals surface area contributed by atoms with E-state index in [-0.39, 0.29) is 0 Å². The van der Waals surface area contributed by atoms with Gasteiger partial charge in [0.05, 0.1) is 6.61 Å². The summed E-state index contributed by atoms with van der Waals surface area (Å²) in [4.78, 5) is 0. The van der Waals surface area contributed by atoms with Gasteiger partial charge in [0, 0.05) is 17.8 Å². The molecule has 0 radical (unpaired) electrons. The first-order valence-corrected chi connectivity index (χ1v) is 9.29.